The summed E-state index contributed by atoms with van der Waals surface area (Å²) in [5.41, 5.74) is 1.60. The number of ether oxygens (including phenoxy) is 2. The highest BCUT2D eigenvalue weighted by molar-refractivity contribution is 6.39. The first-order valence-electron chi connectivity index (χ1n) is 11.4. The highest BCUT2D eigenvalue weighted by Gasteiger charge is 2.36. The average molecular weight is 513 g/mol. The Labute approximate surface area is 217 Å². The Hall–Kier alpha value is -4.62. The second kappa shape index (κ2) is 10.2. The van der Waals surface area contributed by atoms with Crippen LogP contribution in [0.1, 0.15) is 11.1 Å². The number of barbiturate groups is 1. The highest BCUT2D eigenvalue weighted by Crippen LogP contribution is 2.31. The second-order valence-corrected chi connectivity index (χ2v) is 8.71. The van der Waals surface area contributed by atoms with E-state index in [4.69, 9.17) is 21.1 Å². The van der Waals surface area contributed by atoms with Gasteiger partial charge in [-0.15, -0.1) is 0 Å². The third-order valence-electron chi connectivity index (χ3n) is 5.93. The van der Waals surface area contributed by atoms with E-state index in [1.807, 2.05) is 42.5 Å². The number of rotatable bonds is 6. The minimum Gasteiger partial charge on any atom is -0.493 e. The van der Waals surface area contributed by atoms with E-state index in [0.717, 1.165) is 21.2 Å². The van der Waals surface area contributed by atoms with E-state index in [-0.39, 0.29) is 11.3 Å². The van der Waals surface area contributed by atoms with Crippen molar-refractivity contribution in [2.75, 3.05) is 12.0 Å². The molecule has 4 aromatic rings. The number of imide groups is 2. The molecular weight excluding hydrogens is 492 g/mol. The molecule has 0 atom stereocenters. The standard InChI is InChI=1S/C29H21ClN2O5/c1-36-26-15-18(12-13-25(26)37-17-20-8-4-7-19-6-2-3-11-23(19)20)14-24-27(33)31-29(35)32(28(24)34)22-10-5-9-21(30)16-22/h2-16H,17H2,1H3,(H,31,33,35)/b24-14+. The summed E-state index contributed by atoms with van der Waals surface area (Å²) in [4.78, 5) is 38.9. The van der Waals surface area contributed by atoms with Gasteiger partial charge in [-0.3, -0.25) is 14.9 Å². The zero-order valence-corrected chi connectivity index (χ0v) is 20.5. The van der Waals surface area contributed by atoms with E-state index in [0.29, 0.717) is 28.7 Å². The van der Waals surface area contributed by atoms with Gasteiger partial charge in [-0.25, -0.2) is 9.69 Å². The summed E-state index contributed by atoms with van der Waals surface area (Å²) < 4.78 is 11.6. The third-order valence-corrected chi connectivity index (χ3v) is 6.16. The van der Waals surface area contributed by atoms with Gasteiger partial charge in [0.05, 0.1) is 12.8 Å². The van der Waals surface area contributed by atoms with E-state index in [9.17, 15) is 14.4 Å². The summed E-state index contributed by atoms with van der Waals surface area (Å²) in [5.74, 6) is -0.608. The van der Waals surface area contributed by atoms with Gasteiger partial charge < -0.3 is 9.47 Å². The molecule has 0 aliphatic carbocycles. The molecule has 0 unspecified atom stereocenters. The Bertz CT molecular complexity index is 1570. The van der Waals surface area contributed by atoms with Gasteiger partial charge in [0, 0.05) is 5.02 Å². The van der Waals surface area contributed by atoms with E-state index in [2.05, 4.69) is 5.32 Å². The summed E-state index contributed by atoms with van der Waals surface area (Å²) in [6.07, 6.45) is 1.40. The molecular formula is C29H21ClN2O5. The van der Waals surface area contributed by atoms with Crippen LogP contribution in [0, 0.1) is 0 Å². The molecule has 7 nitrogen and oxygen atoms in total. The summed E-state index contributed by atoms with van der Waals surface area (Å²) in [6, 6.07) is 24.6. The van der Waals surface area contributed by atoms with Crippen LogP contribution in [0.5, 0.6) is 11.5 Å². The Morgan fingerprint density at radius 3 is 2.49 bits per heavy atom. The molecule has 0 aromatic heterocycles. The highest BCUT2D eigenvalue weighted by atomic mass is 35.5. The van der Waals surface area contributed by atoms with Crippen molar-refractivity contribution in [3.05, 3.63) is 107 Å². The van der Waals surface area contributed by atoms with Crippen LogP contribution < -0.4 is 19.7 Å². The number of urea groups is 1. The molecule has 0 saturated carbocycles. The van der Waals surface area contributed by atoms with E-state index in [1.165, 1.54) is 19.3 Å². The van der Waals surface area contributed by atoms with Crippen LogP contribution in [0.2, 0.25) is 5.02 Å². The minimum absolute atomic E-state index is 0.203. The monoisotopic (exact) mass is 512 g/mol. The van der Waals surface area contributed by atoms with E-state index < -0.39 is 17.8 Å². The number of carbonyl (C=O) groups excluding carboxylic acids is 3. The maximum absolute atomic E-state index is 13.1. The molecule has 0 spiro atoms. The fraction of sp³-hybridized carbons (Fsp3) is 0.0690. The zero-order valence-electron chi connectivity index (χ0n) is 19.7. The number of benzene rings is 4. The number of nitrogens with zero attached hydrogens (tertiary/aromatic N) is 1. The van der Waals surface area contributed by atoms with Crippen molar-refractivity contribution in [2.24, 2.45) is 0 Å². The average Bonchev–Trinajstić information content (AvgIpc) is 2.90. The molecule has 1 aliphatic rings. The molecule has 4 amide bonds. The number of carbonyl (C=O) groups is 3. The topological polar surface area (TPSA) is 84.9 Å². The van der Waals surface area contributed by atoms with Gasteiger partial charge in [-0.05, 0) is 58.3 Å². The van der Waals surface area contributed by atoms with Crippen molar-refractivity contribution in [1.82, 2.24) is 5.32 Å². The number of anilines is 1. The Kier molecular flexibility index (Phi) is 6.62. The lowest BCUT2D eigenvalue weighted by Crippen LogP contribution is -2.54. The van der Waals surface area contributed by atoms with Crippen LogP contribution in [-0.4, -0.2) is 25.0 Å². The summed E-state index contributed by atoms with van der Waals surface area (Å²) in [7, 11) is 1.51. The number of amides is 4. The number of fused-ring (bicyclic) bond motifs is 1. The maximum atomic E-state index is 13.1. The fourth-order valence-corrected chi connectivity index (χ4v) is 4.33. The first-order chi connectivity index (χ1) is 17.9. The molecule has 184 valence electrons. The van der Waals surface area contributed by atoms with Crippen LogP contribution in [0.15, 0.2) is 90.5 Å². The van der Waals surface area contributed by atoms with Crippen LogP contribution >= 0.6 is 11.6 Å². The Morgan fingerprint density at radius 2 is 1.68 bits per heavy atom. The van der Waals surface area contributed by atoms with Crippen LogP contribution in [0.3, 0.4) is 0 Å². The molecule has 37 heavy (non-hydrogen) atoms. The lowest BCUT2D eigenvalue weighted by atomic mass is 10.1. The first-order valence-corrected chi connectivity index (χ1v) is 11.8. The van der Waals surface area contributed by atoms with Gasteiger partial charge in [0.25, 0.3) is 11.8 Å². The van der Waals surface area contributed by atoms with Crippen LogP contribution in [0.4, 0.5) is 10.5 Å². The maximum Gasteiger partial charge on any atom is 0.335 e. The van der Waals surface area contributed by atoms with Crippen LogP contribution in [0.25, 0.3) is 16.8 Å². The lowest BCUT2D eigenvalue weighted by Gasteiger charge is -2.26. The second-order valence-electron chi connectivity index (χ2n) is 8.27. The van der Waals surface area contributed by atoms with E-state index in [1.54, 1.807) is 36.4 Å². The molecule has 1 aliphatic heterocycles. The minimum atomic E-state index is -0.843. The largest absolute Gasteiger partial charge is 0.493 e. The number of hydrogen-bond donors (Lipinski definition) is 1. The van der Waals surface area contributed by atoms with Gasteiger partial charge >= 0.3 is 6.03 Å². The SMILES string of the molecule is COc1cc(/C=C2\C(=O)NC(=O)N(c3cccc(Cl)c3)C2=O)ccc1OCc1cccc2ccccc12. The Balaban J connectivity index is 1.41. The summed E-state index contributed by atoms with van der Waals surface area (Å²) >= 11 is 6.02. The third kappa shape index (κ3) is 4.90. The van der Waals surface area contributed by atoms with Gasteiger partial charge in [-0.2, -0.15) is 0 Å². The van der Waals surface area contributed by atoms with Crippen molar-refractivity contribution in [1.29, 1.82) is 0 Å². The number of halogens is 1. The lowest BCUT2D eigenvalue weighted by molar-refractivity contribution is -0.122. The zero-order chi connectivity index (χ0) is 25.9. The predicted octanol–water partition coefficient (Wildman–Crippen LogP) is 5.75. The van der Waals surface area contributed by atoms with Crippen molar-refractivity contribution >= 4 is 52.0 Å². The number of methoxy groups -OCH3 is 1. The smallest absolute Gasteiger partial charge is 0.335 e. The van der Waals surface area contributed by atoms with Crippen molar-refractivity contribution in [2.45, 2.75) is 6.61 Å². The first kappa shape index (κ1) is 24.1. The normalized spacial score (nSPS) is 14.7. The molecule has 1 fully saturated rings. The van der Waals surface area contributed by atoms with Gasteiger partial charge in [0.15, 0.2) is 11.5 Å². The summed E-state index contributed by atoms with van der Waals surface area (Å²) in [6.45, 7) is 0.329. The number of nitrogens with one attached hydrogen (secondary N) is 1. The molecule has 1 N–H and O–H groups in total. The number of hydrogen-bond acceptors (Lipinski definition) is 5. The molecule has 1 saturated heterocycles. The van der Waals surface area contributed by atoms with Gasteiger partial charge in [-0.1, -0.05) is 66.2 Å². The fourth-order valence-electron chi connectivity index (χ4n) is 4.14. The quantitative estimate of drug-likeness (QED) is 0.263. The predicted molar refractivity (Wildman–Crippen MR) is 142 cm³/mol. The Morgan fingerprint density at radius 1 is 0.892 bits per heavy atom. The molecule has 8 heteroatoms. The molecule has 1 heterocycles. The van der Waals surface area contributed by atoms with Crippen molar-refractivity contribution in [3.63, 3.8) is 0 Å². The van der Waals surface area contributed by atoms with Crippen molar-refractivity contribution < 1.29 is 23.9 Å². The van der Waals surface area contributed by atoms with Gasteiger partial charge in [0.2, 0.25) is 0 Å². The molecule has 0 radical (unpaired) electrons. The molecule has 0 bridgehead atoms. The van der Waals surface area contributed by atoms with E-state index >= 15 is 0 Å². The van der Waals surface area contributed by atoms with Gasteiger partial charge in [0.1, 0.15) is 12.2 Å². The van der Waals surface area contributed by atoms with Crippen molar-refractivity contribution in [3.8, 4) is 11.5 Å². The molecule has 5 rings (SSSR count). The van der Waals surface area contributed by atoms with Crippen LogP contribution in [-0.2, 0) is 16.2 Å². The molecule has 4 aromatic carbocycles. The summed E-state index contributed by atoms with van der Waals surface area (Å²) in [5, 5.41) is 4.78.